The highest BCUT2D eigenvalue weighted by Crippen LogP contribution is 2.38. The Balaban J connectivity index is 1.58. The summed E-state index contributed by atoms with van der Waals surface area (Å²) in [6, 6.07) is 9.38. The van der Waals surface area contributed by atoms with E-state index in [0.717, 1.165) is 24.3 Å². The summed E-state index contributed by atoms with van der Waals surface area (Å²) in [5.41, 5.74) is 1.43. The van der Waals surface area contributed by atoms with Crippen LogP contribution in [-0.4, -0.2) is 19.2 Å². The van der Waals surface area contributed by atoms with Gasteiger partial charge in [-0.15, -0.1) is 0 Å². The summed E-state index contributed by atoms with van der Waals surface area (Å²) < 4.78 is 5.81. The topological polar surface area (TPSA) is 21.3 Å². The summed E-state index contributed by atoms with van der Waals surface area (Å²) in [6.45, 7) is 4.36. The van der Waals surface area contributed by atoms with Crippen molar-refractivity contribution in [2.75, 3.05) is 13.2 Å². The van der Waals surface area contributed by atoms with Crippen molar-refractivity contribution in [3.05, 3.63) is 29.8 Å². The minimum Gasteiger partial charge on any atom is -0.493 e. The third-order valence-electron chi connectivity index (χ3n) is 4.39. The fraction of sp³-hybridized carbons (Fsp3) is 0.647. The number of rotatable bonds is 7. The van der Waals surface area contributed by atoms with Gasteiger partial charge in [-0.2, -0.15) is 0 Å². The highest BCUT2D eigenvalue weighted by molar-refractivity contribution is 5.39. The minimum atomic E-state index is 0.605. The first-order valence-corrected chi connectivity index (χ1v) is 7.82. The molecule has 2 unspecified atom stereocenters. The van der Waals surface area contributed by atoms with Gasteiger partial charge in [-0.3, -0.25) is 0 Å². The van der Waals surface area contributed by atoms with Crippen molar-refractivity contribution in [1.29, 1.82) is 0 Å². The molecule has 104 valence electrons. The van der Waals surface area contributed by atoms with Crippen LogP contribution in [0.25, 0.3) is 0 Å². The van der Waals surface area contributed by atoms with Crippen LogP contribution in [0.4, 0.5) is 0 Å². The zero-order valence-electron chi connectivity index (χ0n) is 11.9. The molecule has 0 amide bonds. The highest BCUT2D eigenvalue weighted by atomic mass is 16.5. The van der Waals surface area contributed by atoms with Gasteiger partial charge in [0.25, 0.3) is 0 Å². The fourth-order valence-electron chi connectivity index (χ4n) is 3.16. The molecule has 3 rings (SSSR count). The quantitative estimate of drug-likeness (QED) is 0.805. The third-order valence-corrected chi connectivity index (χ3v) is 4.39. The number of fused-ring (bicyclic) bond motifs is 1. The lowest BCUT2D eigenvalue weighted by Gasteiger charge is -2.20. The second-order valence-electron chi connectivity index (χ2n) is 6.12. The minimum absolute atomic E-state index is 0.605. The van der Waals surface area contributed by atoms with Crippen LogP contribution in [0.2, 0.25) is 0 Å². The largest absolute Gasteiger partial charge is 0.493 e. The van der Waals surface area contributed by atoms with E-state index >= 15 is 0 Å². The molecule has 1 heterocycles. The lowest BCUT2D eigenvalue weighted by molar-refractivity contribution is 0.296. The maximum absolute atomic E-state index is 5.81. The van der Waals surface area contributed by atoms with Crippen molar-refractivity contribution in [2.24, 2.45) is 5.92 Å². The molecular formula is C17H25NO. The lowest BCUT2D eigenvalue weighted by atomic mass is 9.88. The molecule has 2 atom stereocenters. The van der Waals surface area contributed by atoms with E-state index < -0.39 is 0 Å². The summed E-state index contributed by atoms with van der Waals surface area (Å²) in [4.78, 5) is 0. The summed E-state index contributed by atoms with van der Waals surface area (Å²) in [7, 11) is 0. The van der Waals surface area contributed by atoms with Crippen molar-refractivity contribution < 1.29 is 4.74 Å². The van der Waals surface area contributed by atoms with E-state index in [4.69, 9.17) is 4.74 Å². The Labute approximate surface area is 116 Å². The molecule has 1 N–H and O–H groups in total. The Morgan fingerprint density at radius 1 is 1.32 bits per heavy atom. The summed E-state index contributed by atoms with van der Waals surface area (Å²) in [5, 5.41) is 3.70. The summed E-state index contributed by atoms with van der Waals surface area (Å²) in [5.74, 6) is 2.51. The maximum Gasteiger partial charge on any atom is 0.122 e. The maximum atomic E-state index is 5.81. The van der Waals surface area contributed by atoms with Gasteiger partial charge in [0.2, 0.25) is 0 Å². The lowest BCUT2D eigenvalue weighted by Crippen LogP contribution is -2.26. The molecule has 2 heteroatoms. The van der Waals surface area contributed by atoms with Crippen LogP contribution in [0.3, 0.4) is 0 Å². The van der Waals surface area contributed by atoms with Crippen molar-refractivity contribution in [1.82, 2.24) is 5.32 Å². The van der Waals surface area contributed by atoms with Crippen LogP contribution in [-0.2, 0) is 0 Å². The average molecular weight is 259 g/mol. The molecule has 2 nitrogen and oxygen atoms in total. The molecule has 1 aliphatic carbocycles. The number of para-hydroxylation sites is 1. The van der Waals surface area contributed by atoms with E-state index in [-0.39, 0.29) is 0 Å². The molecule has 0 radical (unpaired) electrons. The van der Waals surface area contributed by atoms with Gasteiger partial charge in [0.05, 0.1) is 6.61 Å². The standard InChI is InChI=1S/C17H25NO/c1-2-5-13(11-18-15-8-9-15)10-14-12-19-17-7-4-3-6-16(14)17/h3-4,6-7,13-15,18H,2,5,8-12H2,1H3. The zero-order valence-corrected chi connectivity index (χ0v) is 11.9. The number of ether oxygens (including phenoxy) is 1. The first kappa shape index (κ1) is 13.0. The average Bonchev–Trinajstić information content (AvgIpc) is 3.18. The molecule has 2 aliphatic rings. The number of hydrogen-bond donors (Lipinski definition) is 1. The van der Waals surface area contributed by atoms with Gasteiger partial charge in [0.15, 0.2) is 0 Å². The first-order valence-electron chi connectivity index (χ1n) is 7.82. The number of hydrogen-bond acceptors (Lipinski definition) is 2. The van der Waals surface area contributed by atoms with Crippen LogP contribution in [0, 0.1) is 5.92 Å². The Bertz CT molecular complexity index is 413. The van der Waals surface area contributed by atoms with Crippen LogP contribution in [0.1, 0.15) is 50.5 Å². The van der Waals surface area contributed by atoms with Crippen LogP contribution in [0.15, 0.2) is 24.3 Å². The van der Waals surface area contributed by atoms with Crippen molar-refractivity contribution in [2.45, 2.75) is 51.0 Å². The molecule has 1 aromatic carbocycles. The molecule has 0 aromatic heterocycles. The van der Waals surface area contributed by atoms with Crippen molar-refractivity contribution >= 4 is 0 Å². The first-order chi connectivity index (χ1) is 9.36. The highest BCUT2D eigenvalue weighted by Gasteiger charge is 2.27. The molecule has 1 fully saturated rings. The molecule has 19 heavy (non-hydrogen) atoms. The normalized spacial score (nSPS) is 22.9. The van der Waals surface area contributed by atoms with Gasteiger partial charge < -0.3 is 10.1 Å². The predicted octanol–water partition coefficient (Wildman–Crippen LogP) is 3.72. The second kappa shape index (κ2) is 5.96. The third kappa shape index (κ3) is 3.30. The number of nitrogens with one attached hydrogen (secondary N) is 1. The van der Waals surface area contributed by atoms with E-state index in [2.05, 4.69) is 36.5 Å². The van der Waals surface area contributed by atoms with Gasteiger partial charge in [-0.05, 0) is 44.2 Å². The van der Waals surface area contributed by atoms with Gasteiger partial charge in [0.1, 0.15) is 5.75 Å². The van der Waals surface area contributed by atoms with Gasteiger partial charge in [0, 0.05) is 17.5 Å². The Kier molecular flexibility index (Phi) is 4.07. The molecule has 0 bridgehead atoms. The van der Waals surface area contributed by atoms with E-state index in [9.17, 15) is 0 Å². The molecular weight excluding hydrogens is 234 g/mol. The SMILES string of the molecule is CCCC(CNC1CC1)CC1COc2ccccc21. The fourth-order valence-corrected chi connectivity index (χ4v) is 3.16. The molecule has 1 saturated carbocycles. The monoisotopic (exact) mass is 259 g/mol. The molecule has 0 spiro atoms. The Hall–Kier alpha value is -1.02. The van der Waals surface area contributed by atoms with Crippen LogP contribution < -0.4 is 10.1 Å². The van der Waals surface area contributed by atoms with E-state index in [1.54, 1.807) is 0 Å². The number of benzene rings is 1. The molecule has 1 aromatic rings. The van der Waals surface area contributed by atoms with Gasteiger partial charge in [-0.1, -0.05) is 31.5 Å². The van der Waals surface area contributed by atoms with E-state index in [0.29, 0.717) is 5.92 Å². The van der Waals surface area contributed by atoms with Crippen molar-refractivity contribution in [3.8, 4) is 5.75 Å². The van der Waals surface area contributed by atoms with Crippen molar-refractivity contribution in [3.63, 3.8) is 0 Å². The van der Waals surface area contributed by atoms with E-state index in [1.807, 2.05) is 0 Å². The second-order valence-corrected chi connectivity index (χ2v) is 6.12. The van der Waals surface area contributed by atoms with Crippen LogP contribution >= 0.6 is 0 Å². The zero-order chi connectivity index (χ0) is 13.1. The molecule has 0 saturated heterocycles. The van der Waals surface area contributed by atoms with Gasteiger partial charge >= 0.3 is 0 Å². The summed E-state index contributed by atoms with van der Waals surface area (Å²) in [6.07, 6.45) is 6.65. The van der Waals surface area contributed by atoms with Gasteiger partial charge in [-0.25, -0.2) is 0 Å². The molecule has 1 aliphatic heterocycles. The van der Waals surface area contributed by atoms with Crippen LogP contribution in [0.5, 0.6) is 5.75 Å². The Morgan fingerprint density at radius 2 is 2.16 bits per heavy atom. The smallest absolute Gasteiger partial charge is 0.122 e. The van der Waals surface area contributed by atoms with E-state index in [1.165, 1.54) is 44.2 Å². The summed E-state index contributed by atoms with van der Waals surface area (Å²) >= 11 is 0. The Morgan fingerprint density at radius 3 is 2.95 bits per heavy atom. The predicted molar refractivity (Wildman–Crippen MR) is 78.7 cm³/mol.